The maximum atomic E-state index is 5.60. The number of ether oxygens (including phenoxy) is 1. The van der Waals surface area contributed by atoms with E-state index in [2.05, 4.69) is 9.97 Å². The first-order valence-electron chi connectivity index (χ1n) is 5.20. The number of aromatic nitrogens is 2. The summed E-state index contributed by atoms with van der Waals surface area (Å²) in [6.45, 7) is 5.88. The lowest BCUT2D eigenvalue weighted by Crippen LogP contribution is -1.95. The molecule has 0 unspecified atom stereocenters. The van der Waals surface area contributed by atoms with Crippen LogP contribution in [0, 0.1) is 20.8 Å². The number of benzene rings is 1. The molecule has 0 fully saturated rings. The van der Waals surface area contributed by atoms with E-state index in [9.17, 15) is 0 Å². The van der Waals surface area contributed by atoms with Crippen molar-refractivity contribution in [2.45, 2.75) is 20.8 Å². The van der Waals surface area contributed by atoms with Crippen molar-refractivity contribution in [2.75, 3.05) is 0 Å². The van der Waals surface area contributed by atoms with E-state index in [-0.39, 0.29) is 0 Å². The van der Waals surface area contributed by atoms with Gasteiger partial charge in [-0.2, -0.15) is 0 Å². The minimum Gasteiger partial charge on any atom is -0.424 e. The standard InChI is InChI=1S/C13H14N2O/c1-9-5-4-6-12(7-9)16-13-14-10(2)8-11(3)15-13/h4-8H,1-3H3. The highest BCUT2D eigenvalue weighted by molar-refractivity contribution is 5.29. The Bertz CT molecular complexity index is 489. The number of rotatable bonds is 2. The van der Waals surface area contributed by atoms with E-state index in [0.29, 0.717) is 6.01 Å². The zero-order valence-corrected chi connectivity index (χ0v) is 9.69. The van der Waals surface area contributed by atoms with Gasteiger partial charge in [-0.3, -0.25) is 0 Å². The van der Waals surface area contributed by atoms with Gasteiger partial charge in [-0.1, -0.05) is 12.1 Å². The number of nitrogens with zero attached hydrogens (tertiary/aromatic N) is 2. The molecule has 3 nitrogen and oxygen atoms in total. The van der Waals surface area contributed by atoms with Gasteiger partial charge < -0.3 is 4.74 Å². The minimum atomic E-state index is 0.406. The molecule has 0 atom stereocenters. The molecule has 2 aromatic rings. The highest BCUT2D eigenvalue weighted by Crippen LogP contribution is 2.19. The van der Waals surface area contributed by atoms with Crippen molar-refractivity contribution in [1.82, 2.24) is 9.97 Å². The van der Waals surface area contributed by atoms with Crippen LogP contribution in [0.4, 0.5) is 0 Å². The molecule has 0 saturated carbocycles. The Kier molecular flexibility index (Phi) is 2.86. The molecule has 0 aliphatic heterocycles. The third-order valence-corrected chi connectivity index (χ3v) is 2.16. The van der Waals surface area contributed by atoms with Crippen molar-refractivity contribution < 1.29 is 4.74 Å². The second kappa shape index (κ2) is 4.31. The first-order valence-corrected chi connectivity index (χ1v) is 5.20. The average Bonchev–Trinajstić information content (AvgIpc) is 2.15. The summed E-state index contributed by atoms with van der Waals surface area (Å²) in [7, 11) is 0. The van der Waals surface area contributed by atoms with Crippen LogP contribution in [0.5, 0.6) is 11.8 Å². The molecule has 0 saturated heterocycles. The molecule has 1 aromatic heterocycles. The molecule has 0 N–H and O–H groups in total. The fourth-order valence-electron chi connectivity index (χ4n) is 1.52. The highest BCUT2D eigenvalue weighted by Gasteiger charge is 2.02. The number of hydrogen-bond acceptors (Lipinski definition) is 3. The van der Waals surface area contributed by atoms with Crippen LogP contribution in [0.1, 0.15) is 17.0 Å². The summed E-state index contributed by atoms with van der Waals surface area (Å²) in [4.78, 5) is 8.45. The molecule has 0 amide bonds. The molecule has 3 heteroatoms. The van der Waals surface area contributed by atoms with Gasteiger partial charge in [-0.05, 0) is 44.5 Å². The molecule has 16 heavy (non-hydrogen) atoms. The summed E-state index contributed by atoms with van der Waals surface area (Å²) in [5, 5.41) is 0. The van der Waals surface area contributed by atoms with Crippen molar-refractivity contribution >= 4 is 0 Å². The second-order valence-electron chi connectivity index (χ2n) is 3.85. The van der Waals surface area contributed by atoms with E-state index >= 15 is 0 Å². The van der Waals surface area contributed by atoms with Gasteiger partial charge in [0.25, 0.3) is 0 Å². The Morgan fingerprint density at radius 2 is 1.62 bits per heavy atom. The van der Waals surface area contributed by atoms with E-state index < -0.39 is 0 Å². The molecule has 0 radical (unpaired) electrons. The molecule has 2 rings (SSSR count). The normalized spacial score (nSPS) is 10.2. The molecule has 0 aliphatic rings. The molecular formula is C13H14N2O. The Hall–Kier alpha value is -1.90. The Morgan fingerprint density at radius 3 is 2.25 bits per heavy atom. The van der Waals surface area contributed by atoms with Gasteiger partial charge in [-0.25, -0.2) is 9.97 Å². The third-order valence-electron chi connectivity index (χ3n) is 2.16. The van der Waals surface area contributed by atoms with Crippen LogP contribution in [-0.4, -0.2) is 9.97 Å². The van der Waals surface area contributed by atoms with Crippen LogP contribution < -0.4 is 4.74 Å². The van der Waals surface area contributed by atoms with Crippen LogP contribution in [0.3, 0.4) is 0 Å². The van der Waals surface area contributed by atoms with Crippen LogP contribution in [0.2, 0.25) is 0 Å². The Balaban J connectivity index is 2.27. The highest BCUT2D eigenvalue weighted by atomic mass is 16.5. The first kappa shape index (κ1) is 10.6. The van der Waals surface area contributed by atoms with E-state index in [1.807, 2.05) is 51.1 Å². The summed E-state index contributed by atoms with van der Waals surface area (Å²) in [6.07, 6.45) is 0. The molecule has 1 heterocycles. The van der Waals surface area contributed by atoms with Gasteiger partial charge in [0.15, 0.2) is 0 Å². The van der Waals surface area contributed by atoms with Crippen LogP contribution in [0.25, 0.3) is 0 Å². The van der Waals surface area contributed by atoms with Gasteiger partial charge in [0.1, 0.15) is 5.75 Å². The van der Waals surface area contributed by atoms with Crippen LogP contribution in [-0.2, 0) is 0 Å². The van der Waals surface area contributed by atoms with Gasteiger partial charge in [-0.15, -0.1) is 0 Å². The zero-order valence-electron chi connectivity index (χ0n) is 9.69. The van der Waals surface area contributed by atoms with E-state index in [1.54, 1.807) is 0 Å². The molecule has 0 spiro atoms. The zero-order chi connectivity index (χ0) is 11.5. The molecule has 82 valence electrons. The Morgan fingerprint density at radius 1 is 0.938 bits per heavy atom. The van der Waals surface area contributed by atoms with Gasteiger partial charge in [0.2, 0.25) is 0 Å². The summed E-state index contributed by atoms with van der Waals surface area (Å²) < 4.78 is 5.60. The van der Waals surface area contributed by atoms with E-state index in [1.165, 1.54) is 0 Å². The van der Waals surface area contributed by atoms with Crippen molar-refractivity contribution in [3.05, 3.63) is 47.3 Å². The van der Waals surface area contributed by atoms with Crippen LogP contribution in [0.15, 0.2) is 30.3 Å². The van der Waals surface area contributed by atoms with Crippen molar-refractivity contribution in [1.29, 1.82) is 0 Å². The fraction of sp³-hybridized carbons (Fsp3) is 0.231. The van der Waals surface area contributed by atoms with E-state index in [4.69, 9.17) is 4.74 Å². The Labute approximate surface area is 95.1 Å². The van der Waals surface area contributed by atoms with Crippen LogP contribution >= 0.6 is 0 Å². The minimum absolute atomic E-state index is 0.406. The lowest BCUT2D eigenvalue weighted by molar-refractivity contribution is 0.438. The molecule has 1 aromatic carbocycles. The first-order chi connectivity index (χ1) is 7.63. The summed E-state index contributed by atoms with van der Waals surface area (Å²) in [6, 6.07) is 10.2. The van der Waals surface area contributed by atoms with Gasteiger partial charge in [0, 0.05) is 11.4 Å². The molecule has 0 bridgehead atoms. The topological polar surface area (TPSA) is 35.0 Å². The quantitative estimate of drug-likeness (QED) is 0.770. The summed E-state index contributed by atoms with van der Waals surface area (Å²) in [5.74, 6) is 0.769. The second-order valence-corrected chi connectivity index (χ2v) is 3.85. The summed E-state index contributed by atoms with van der Waals surface area (Å²) >= 11 is 0. The van der Waals surface area contributed by atoms with Crippen molar-refractivity contribution in [2.24, 2.45) is 0 Å². The average molecular weight is 214 g/mol. The van der Waals surface area contributed by atoms with E-state index in [0.717, 1.165) is 22.7 Å². The number of aryl methyl sites for hydroxylation is 3. The summed E-state index contributed by atoms with van der Waals surface area (Å²) in [5.41, 5.74) is 2.98. The predicted molar refractivity (Wildman–Crippen MR) is 62.8 cm³/mol. The lowest BCUT2D eigenvalue weighted by Gasteiger charge is -2.05. The predicted octanol–water partition coefficient (Wildman–Crippen LogP) is 3.19. The molecule has 0 aliphatic carbocycles. The van der Waals surface area contributed by atoms with Gasteiger partial charge in [0.05, 0.1) is 0 Å². The van der Waals surface area contributed by atoms with Gasteiger partial charge >= 0.3 is 6.01 Å². The molecular weight excluding hydrogens is 200 g/mol. The van der Waals surface area contributed by atoms with Crippen molar-refractivity contribution in [3.63, 3.8) is 0 Å². The largest absolute Gasteiger partial charge is 0.424 e. The third kappa shape index (κ3) is 2.57. The lowest BCUT2D eigenvalue weighted by atomic mass is 10.2. The maximum absolute atomic E-state index is 5.60. The SMILES string of the molecule is Cc1cccc(Oc2nc(C)cc(C)n2)c1. The van der Waals surface area contributed by atoms with Crippen molar-refractivity contribution in [3.8, 4) is 11.8 Å². The smallest absolute Gasteiger partial charge is 0.322 e. The monoisotopic (exact) mass is 214 g/mol. The number of hydrogen-bond donors (Lipinski definition) is 0. The maximum Gasteiger partial charge on any atom is 0.322 e. The fourth-order valence-corrected chi connectivity index (χ4v) is 1.52.